The van der Waals surface area contributed by atoms with Gasteiger partial charge in [-0.25, -0.2) is 4.79 Å². The number of carbonyl (C=O) groups excluding carboxylic acids is 2. The number of benzene rings is 2. The van der Waals surface area contributed by atoms with Crippen molar-refractivity contribution in [3.05, 3.63) is 65.2 Å². The number of alkyl halides is 2. The maximum atomic E-state index is 12.2. The van der Waals surface area contributed by atoms with Gasteiger partial charge in [0.1, 0.15) is 5.75 Å². The van der Waals surface area contributed by atoms with Gasteiger partial charge in [0, 0.05) is 13.0 Å². The fraction of sp³-hybridized carbons (Fsp3) is 0.263. The summed E-state index contributed by atoms with van der Waals surface area (Å²) < 4.78 is 33.7. The minimum Gasteiger partial charge on any atom is -0.448 e. The molecule has 0 radical (unpaired) electrons. The van der Waals surface area contributed by atoms with Crippen molar-refractivity contribution in [2.45, 2.75) is 25.6 Å². The summed E-state index contributed by atoms with van der Waals surface area (Å²) in [7, 11) is 0. The predicted octanol–water partition coefficient (Wildman–Crippen LogP) is 2.73. The van der Waals surface area contributed by atoms with Gasteiger partial charge in [-0.15, -0.1) is 0 Å². The highest BCUT2D eigenvalue weighted by Crippen LogP contribution is 2.20. The molecule has 0 aromatic heterocycles. The number of cyclic esters (lactones) is 1. The molecule has 2 aromatic carbocycles. The van der Waals surface area contributed by atoms with Crippen molar-refractivity contribution >= 4 is 11.9 Å². The quantitative estimate of drug-likeness (QED) is 0.804. The zero-order valence-corrected chi connectivity index (χ0v) is 13.8. The lowest BCUT2D eigenvalue weighted by atomic mass is 9.98. The molecule has 1 atom stereocenters. The third-order valence-electron chi connectivity index (χ3n) is 4.05. The fourth-order valence-corrected chi connectivity index (χ4v) is 2.76. The maximum Gasteiger partial charge on any atom is 0.387 e. The number of rotatable bonds is 6. The number of amides is 1. The molecular weight excluding hydrogens is 344 g/mol. The van der Waals surface area contributed by atoms with E-state index in [2.05, 4.69) is 10.1 Å². The summed E-state index contributed by atoms with van der Waals surface area (Å²) in [6, 6.07) is 13.2. The van der Waals surface area contributed by atoms with E-state index in [9.17, 15) is 18.4 Å². The van der Waals surface area contributed by atoms with Crippen LogP contribution in [0.25, 0.3) is 0 Å². The molecule has 1 amide bonds. The van der Waals surface area contributed by atoms with E-state index in [0.29, 0.717) is 24.9 Å². The molecule has 1 aliphatic rings. The van der Waals surface area contributed by atoms with Gasteiger partial charge >= 0.3 is 12.6 Å². The van der Waals surface area contributed by atoms with Gasteiger partial charge in [-0.05, 0) is 35.7 Å². The van der Waals surface area contributed by atoms with Crippen LogP contribution in [-0.4, -0.2) is 31.1 Å². The molecule has 0 bridgehead atoms. The molecular formula is C19H17F2NO4. The molecule has 7 heteroatoms. The van der Waals surface area contributed by atoms with Crippen LogP contribution in [0.4, 0.5) is 8.78 Å². The Bertz CT molecular complexity index is 792. The summed E-state index contributed by atoms with van der Waals surface area (Å²) >= 11 is 0. The van der Waals surface area contributed by atoms with Crippen LogP contribution in [-0.2, 0) is 22.4 Å². The zero-order chi connectivity index (χ0) is 18.5. The Labute approximate surface area is 148 Å². The first-order valence-electron chi connectivity index (χ1n) is 8.13. The van der Waals surface area contributed by atoms with Gasteiger partial charge in [0.15, 0.2) is 6.10 Å². The molecule has 3 rings (SSSR count). The van der Waals surface area contributed by atoms with Gasteiger partial charge in [0.2, 0.25) is 0 Å². The molecule has 1 heterocycles. The van der Waals surface area contributed by atoms with Gasteiger partial charge in [-0.1, -0.05) is 30.3 Å². The van der Waals surface area contributed by atoms with E-state index in [4.69, 9.17) is 4.74 Å². The average molecular weight is 361 g/mol. The molecule has 0 spiro atoms. The number of hydrogen-bond acceptors (Lipinski definition) is 4. The Hall–Kier alpha value is -2.96. The lowest BCUT2D eigenvalue weighted by Crippen LogP contribution is -2.42. The lowest BCUT2D eigenvalue weighted by molar-refractivity contribution is -0.130. The highest BCUT2D eigenvalue weighted by molar-refractivity contribution is 5.95. The van der Waals surface area contributed by atoms with E-state index in [0.717, 1.165) is 11.1 Å². The van der Waals surface area contributed by atoms with Crippen LogP contribution in [0.2, 0.25) is 0 Å². The monoisotopic (exact) mass is 361 g/mol. The third-order valence-corrected chi connectivity index (χ3v) is 4.05. The largest absolute Gasteiger partial charge is 0.448 e. The third kappa shape index (κ3) is 4.36. The van der Waals surface area contributed by atoms with Crippen molar-refractivity contribution in [1.82, 2.24) is 5.32 Å². The Kier molecular flexibility index (Phi) is 5.46. The number of carbonyl (C=O) groups is 2. The Balaban J connectivity index is 1.49. The number of esters is 1. The van der Waals surface area contributed by atoms with Crippen molar-refractivity contribution in [3.8, 4) is 5.75 Å². The van der Waals surface area contributed by atoms with Crippen LogP contribution in [0.15, 0.2) is 48.5 Å². The second-order valence-electron chi connectivity index (χ2n) is 5.82. The van der Waals surface area contributed by atoms with E-state index in [1.807, 2.05) is 6.07 Å². The maximum absolute atomic E-state index is 12.2. The van der Waals surface area contributed by atoms with Gasteiger partial charge in [-0.3, -0.25) is 4.79 Å². The number of nitrogens with one attached hydrogen (secondary N) is 1. The number of fused-ring (bicyclic) bond motifs is 1. The van der Waals surface area contributed by atoms with E-state index < -0.39 is 18.7 Å². The lowest BCUT2D eigenvalue weighted by Gasteiger charge is -2.23. The molecule has 1 N–H and O–H groups in total. The fourth-order valence-electron chi connectivity index (χ4n) is 2.76. The average Bonchev–Trinajstić information content (AvgIpc) is 2.62. The molecule has 0 saturated carbocycles. The Morgan fingerprint density at radius 2 is 1.92 bits per heavy atom. The van der Waals surface area contributed by atoms with Gasteiger partial charge in [0.05, 0.1) is 5.56 Å². The molecule has 0 fully saturated rings. The minimum absolute atomic E-state index is 0.0839. The van der Waals surface area contributed by atoms with Crippen LogP contribution in [0.3, 0.4) is 0 Å². The molecule has 136 valence electrons. The first-order valence-corrected chi connectivity index (χ1v) is 8.13. The van der Waals surface area contributed by atoms with E-state index in [-0.39, 0.29) is 11.7 Å². The second kappa shape index (κ2) is 7.95. The summed E-state index contributed by atoms with van der Waals surface area (Å²) in [6.45, 7) is -2.52. The van der Waals surface area contributed by atoms with E-state index in [1.165, 1.54) is 12.1 Å². The molecule has 5 nitrogen and oxygen atoms in total. The summed E-state index contributed by atoms with van der Waals surface area (Å²) in [4.78, 5) is 24.2. The first kappa shape index (κ1) is 17.8. The van der Waals surface area contributed by atoms with Crippen LogP contribution in [0.1, 0.15) is 21.5 Å². The Morgan fingerprint density at radius 3 is 2.65 bits per heavy atom. The van der Waals surface area contributed by atoms with Gasteiger partial charge in [0.25, 0.3) is 5.91 Å². The van der Waals surface area contributed by atoms with Gasteiger partial charge in [-0.2, -0.15) is 8.78 Å². The normalized spacial score (nSPS) is 16.0. The zero-order valence-electron chi connectivity index (χ0n) is 13.8. The van der Waals surface area contributed by atoms with Crippen molar-refractivity contribution < 1.29 is 27.8 Å². The number of hydrogen-bond donors (Lipinski definition) is 1. The standard InChI is InChI=1S/C19H17F2NO4/c20-19(21)25-14-7-5-12(6-8-14)9-10-22-17(23)16-11-13-3-1-2-4-15(13)18(24)26-16/h1-8,16,19H,9-11H2,(H,22,23). The molecule has 0 aliphatic carbocycles. The van der Waals surface area contributed by atoms with Gasteiger partial charge < -0.3 is 14.8 Å². The van der Waals surface area contributed by atoms with Crippen LogP contribution < -0.4 is 10.1 Å². The molecule has 2 aromatic rings. The summed E-state index contributed by atoms with van der Waals surface area (Å²) in [5.41, 5.74) is 2.14. The summed E-state index contributed by atoms with van der Waals surface area (Å²) in [5, 5.41) is 2.73. The summed E-state index contributed by atoms with van der Waals surface area (Å²) in [6.07, 6.45) is 0.00460. The highest BCUT2D eigenvalue weighted by atomic mass is 19.3. The highest BCUT2D eigenvalue weighted by Gasteiger charge is 2.30. The molecule has 0 saturated heterocycles. The molecule has 26 heavy (non-hydrogen) atoms. The SMILES string of the molecule is O=C1OC(C(=O)NCCc2ccc(OC(F)F)cc2)Cc2ccccc21. The number of halogens is 2. The predicted molar refractivity (Wildman–Crippen MR) is 89.1 cm³/mol. The van der Waals surface area contributed by atoms with Crippen LogP contribution in [0, 0.1) is 0 Å². The first-order chi connectivity index (χ1) is 12.5. The second-order valence-corrected chi connectivity index (χ2v) is 5.82. The van der Waals surface area contributed by atoms with Crippen molar-refractivity contribution in [3.63, 3.8) is 0 Å². The Morgan fingerprint density at radius 1 is 1.19 bits per heavy atom. The minimum atomic E-state index is -2.86. The van der Waals surface area contributed by atoms with Crippen LogP contribution in [0.5, 0.6) is 5.75 Å². The summed E-state index contributed by atoms with van der Waals surface area (Å²) in [5.74, 6) is -0.771. The topological polar surface area (TPSA) is 64.6 Å². The molecule has 1 aliphatic heterocycles. The smallest absolute Gasteiger partial charge is 0.387 e. The van der Waals surface area contributed by atoms with Crippen molar-refractivity contribution in [2.75, 3.05) is 6.54 Å². The van der Waals surface area contributed by atoms with E-state index >= 15 is 0 Å². The molecule has 1 unspecified atom stereocenters. The van der Waals surface area contributed by atoms with Crippen molar-refractivity contribution in [2.24, 2.45) is 0 Å². The number of ether oxygens (including phenoxy) is 2. The van der Waals surface area contributed by atoms with E-state index in [1.54, 1.807) is 30.3 Å². The van der Waals surface area contributed by atoms with Crippen molar-refractivity contribution in [1.29, 1.82) is 0 Å². The van der Waals surface area contributed by atoms with Crippen LogP contribution >= 0.6 is 0 Å².